The highest BCUT2D eigenvalue weighted by Crippen LogP contribution is 2.16. The SMILES string of the molecule is CC(=O)c1c(COC(=O)C(C)C)n([O-])c2ccccc2[n+]1=O. The highest BCUT2D eigenvalue weighted by Gasteiger charge is 2.27. The molecule has 0 saturated carbocycles. The molecular formula is C15H16N2O5. The van der Waals surface area contributed by atoms with Gasteiger partial charge in [-0.1, -0.05) is 26.0 Å². The number of rotatable bonds is 4. The highest BCUT2D eigenvalue weighted by molar-refractivity contribution is 5.93. The van der Waals surface area contributed by atoms with Crippen molar-refractivity contribution in [3.63, 3.8) is 0 Å². The minimum Gasteiger partial charge on any atom is -0.805 e. The zero-order valence-electron chi connectivity index (χ0n) is 12.5. The summed E-state index contributed by atoms with van der Waals surface area (Å²) in [4.78, 5) is 35.6. The molecule has 0 N–H and O–H groups in total. The molecule has 7 heteroatoms. The van der Waals surface area contributed by atoms with E-state index in [1.54, 1.807) is 26.0 Å². The molecule has 0 saturated heterocycles. The second-order valence-corrected chi connectivity index (χ2v) is 5.19. The minimum atomic E-state index is -0.569. The standard InChI is InChI=1S/C15H16N2O5/c1-9(2)15(19)22-8-13-14(10(3)18)17(21)12-7-5-4-6-11(12)16(13)20/h4-7,9H,8H2,1-3H3. The fourth-order valence-corrected chi connectivity index (χ4v) is 2.07. The van der Waals surface area contributed by atoms with Crippen LogP contribution >= 0.6 is 0 Å². The number of ketones is 1. The quantitative estimate of drug-likeness (QED) is 0.487. The average molecular weight is 304 g/mol. The molecule has 0 unspecified atom stereocenters. The van der Waals surface area contributed by atoms with Crippen molar-refractivity contribution < 1.29 is 18.8 Å². The van der Waals surface area contributed by atoms with Gasteiger partial charge in [0.15, 0.2) is 0 Å². The van der Waals surface area contributed by atoms with E-state index in [0.717, 1.165) is 0 Å². The third-order valence-electron chi connectivity index (χ3n) is 3.20. The Labute approximate surface area is 126 Å². The van der Waals surface area contributed by atoms with Crippen molar-refractivity contribution in [1.29, 1.82) is 0 Å². The summed E-state index contributed by atoms with van der Waals surface area (Å²) in [6, 6.07) is 6.12. The number of hydrogen-bond donors (Lipinski definition) is 0. The molecule has 1 heterocycles. The topological polar surface area (TPSA) is 94.3 Å². The molecule has 0 amide bonds. The molecule has 0 bridgehead atoms. The Kier molecular flexibility index (Phi) is 4.25. The average Bonchev–Trinajstić information content (AvgIpc) is 2.48. The van der Waals surface area contributed by atoms with E-state index in [4.69, 9.17) is 4.74 Å². The molecule has 0 atom stereocenters. The molecule has 1 aromatic heterocycles. The number of nitrogens with zero attached hydrogens (tertiary/aromatic N) is 2. The number of ether oxygens (including phenoxy) is 1. The Bertz CT molecular complexity index is 807. The maximum absolute atomic E-state index is 12.4. The Morgan fingerprint density at radius 3 is 2.55 bits per heavy atom. The van der Waals surface area contributed by atoms with Gasteiger partial charge < -0.3 is 14.7 Å². The molecule has 0 aliphatic rings. The molecule has 22 heavy (non-hydrogen) atoms. The lowest BCUT2D eigenvalue weighted by Crippen LogP contribution is -2.31. The van der Waals surface area contributed by atoms with Gasteiger partial charge in [-0.15, -0.1) is 0 Å². The van der Waals surface area contributed by atoms with Gasteiger partial charge in [0.2, 0.25) is 5.78 Å². The van der Waals surface area contributed by atoms with Crippen LogP contribution in [0.2, 0.25) is 0 Å². The highest BCUT2D eigenvalue weighted by atomic mass is 16.5. The summed E-state index contributed by atoms with van der Waals surface area (Å²) in [6.07, 6.45) is 0. The number of carbonyl (C=O) groups is 2. The first-order chi connectivity index (χ1) is 10.3. The van der Waals surface area contributed by atoms with E-state index < -0.39 is 18.4 Å². The monoisotopic (exact) mass is 304 g/mol. The van der Waals surface area contributed by atoms with Crippen LogP contribution in [0.25, 0.3) is 11.0 Å². The fourth-order valence-electron chi connectivity index (χ4n) is 2.07. The molecule has 2 aromatic rings. The lowest BCUT2D eigenvalue weighted by molar-refractivity contribution is -0.468. The van der Waals surface area contributed by atoms with Gasteiger partial charge in [-0.25, -0.2) is 0 Å². The summed E-state index contributed by atoms with van der Waals surface area (Å²) >= 11 is 0. The number of aromatic nitrogens is 2. The number of fused-ring (bicyclic) bond motifs is 1. The van der Waals surface area contributed by atoms with E-state index in [1.165, 1.54) is 19.1 Å². The summed E-state index contributed by atoms with van der Waals surface area (Å²) in [6.45, 7) is 4.05. The van der Waals surface area contributed by atoms with Crippen LogP contribution in [0.3, 0.4) is 0 Å². The third kappa shape index (κ3) is 2.69. The van der Waals surface area contributed by atoms with Gasteiger partial charge in [-0.05, 0) is 6.07 Å². The smallest absolute Gasteiger partial charge is 0.328 e. The van der Waals surface area contributed by atoms with Crippen molar-refractivity contribution in [1.82, 2.24) is 4.73 Å². The van der Waals surface area contributed by atoms with E-state index in [-0.39, 0.29) is 28.3 Å². The normalized spacial score (nSPS) is 10.9. The van der Waals surface area contributed by atoms with E-state index >= 15 is 0 Å². The number of benzene rings is 1. The van der Waals surface area contributed by atoms with Crippen molar-refractivity contribution in [2.24, 2.45) is 5.92 Å². The second-order valence-electron chi connectivity index (χ2n) is 5.19. The summed E-state index contributed by atoms with van der Waals surface area (Å²) in [5, 5.41) is 12.4. The third-order valence-corrected chi connectivity index (χ3v) is 3.20. The predicted octanol–water partition coefficient (Wildman–Crippen LogP) is 1.80. The molecule has 0 fully saturated rings. The molecule has 1 aromatic carbocycles. The summed E-state index contributed by atoms with van der Waals surface area (Å²) in [5.41, 5.74) is -0.291. The predicted molar refractivity (Wildman–Crippen MR) is 78.7 cm³/mol. The Hall–Kier alpha value is -2.70. The van der Waals surface area contributed by atoms with Crippen LogP contribution in [0.4, 0.5) is 0 Å². The number of Topliss-reactive ketones (excluding diaryl/α,β-unsaturated/α-hetero) is 1. The first kappa shape index (κ1) is 15.7. The van der Waals surface area contributed by atoms with Gasteiger partial charge >= 0.3 is 11.7 Å². The van der Waals surface area contributed by atoms with Crippen LogP contribution in [0.15, 0.2) is 24.3 Å². The van der Waals surface area contributed by atoms with Crippen LogP contribution in [0.5, 0.6) is 0 Å². The van der Waals surface area contributed by atoms with Crippen molar-refractivity contribution in [3.05, 3.63) is 45.8 Å². The van der Waals surface area contributed by atoms with Gasteiger partial charge in [-0.3, -0.25) is 9.59 Å². The number of hydrogen-bond acceptors (Lipinski definition) is 5. The van der Waals surface area contributed by atoms with Crippen molar-refractivity contribution in [2.45, 2.75) is 27.4 Å². The maximum Gasteiger partial charge on any atom is 0.328 e. The van der Waals surface area contributed by atoms with Crippen LogP contribution < -0.4 is 4.43 Å². The molecule has 0 spiro atoms. The molecule has 116 valence electrons. The van der Waals surface area contributed by atoms with Crippen molar-refractivity contribution >= 4 is 22.8 Å². The summed E-state index contributed by atoms with van der Waals surface area (Å²) < 4.78 is 5.87. The van der Waals surface area contributed by atoms with E-state index in [2.05, 4.69) is 0 Å². The van der Waals surface area contributed by atoms with Gasteiger partial charge in [0.25, 0.3) is 5.52 Å². The second kappa shape index (κ2) is 5.97. The maximum atomic E-state index is 12.4. The molecule has 7 nitrogen and oxygen atoms in total. The largest absolute Gasteiger partial charge is 0.805 e. The van der Waals surface area contributed by atoms with E-state index in [0.29, 0.717) is 9.16 Å². The Balaban J connectivity index is 2.63. The lowest BCUT2D eigenvalue weighted by Gasteiger charge is -2.18. The molecule has 0 radical (unpaired) electrons. The Morgan fingerprint density at radius 1 is 1.32 bits per heavy atom. The van der Waals surface area contributed by atoms with E-state index in [1.807, 2.05) is 0 Å². The number of para-hydroxylation sites is 2. The van der Waals surface area contributed by atoms with Gasteiger partial charge in [0.05, 0.1) is 10.3 Å². The van der Waals surface area contributed by atoms with Gasteiger partial charge in [-0.2, -0.15) is 0 Å². The zero-order valence-corrected chi connectivity index (χ0v) is 12.5. The van der Waals surface area contributed by atoms with Crippen LogP contribution in [0, 0.1) is 16.0 Å². The lowest BCUT2D eigenvalue weighted by atomic mass is 10.2. The first-order valence-corrected chi connectivity index (χ1v) is 6.78. The molecule has 0 aliphatic heterocycles. The first-order valence-electron chi connectivity index (χ1n) is 6.78. The van der Waals surface area contributed by atoms with Crippen molar-refractivity contribution in [3.8, 4) is 0 Å². The Morgan fingerprint density at radius 2 is 1.95 bits per heavy atom. The van der Waals surface area contributed by atoms with Crippen LogP contribution in [0.1, 0.15) is 37.0 Å². The van der Waals surface area contributed by atoms with Gasteiger partial charge in [0.1, 0.15) is 17.8 Å². The summed E-state index contributed by atoms with van der Waals surface area (Å²) in [7, 11) is 0. The molecule has 2 rings (SSSR count). The number of carbonyl (C=O) groups excluding carboxylic acids is 2. The minimum absolute atomic E-state index is 0.0848. The summed E-state index contributed by atoms with van der Waals surface area (Å²) in [5.74, 6) is -1.46. The van der Waals surface area contributed by atoms with E-state index in [9.17, 15) is 19.7 Å². The van der Waals surface area contributed by atoms with Crippen LogP contribution in [-0.4, -0.2) is 16.5 Å². The van der Waals surface area contributed by atoms with Crippen LogP contribution in [-0.2, 0) is 16.1 Å². The molecule has 0 aliphatic carbocycles. The molecular weight excluding hydrogens is 288 g/mol. The zero-order chi connectivity index (χ0) is 16.4. The number of esters is 1. The van der Waals surface area contributed by atoms with Gasteiger partial charge in [0, 0.05) is 17.9 Å². The van der Waals surface area contributed by atoms with Crippen molar-refractivity contribution in [2.75, 3.05) is 0 Å². The fraction of sp³-hybridized carbons (Fsp3) is 0.333.